The number of aliphatic hydroxyl groups excluding tert-OH is 2. The summed E-state index contributed by atoms with van der Waals surface area (Å²) in [4.78, 5) is 54.5. The number of aromatic nitrogens is 2. The van der Waals surface area contributed by atoms with Crippen molar-refractivity contribution < 1.29 is 97.3 Å². The molecule has 10 rings (SSSR count). The van der Waals surface area contributed by atoms with Gasteiger partial charge in [0, 0.05) is 63.5 Å². The van der Waals surface area contributed by atoms with E-state index in [4.69, 9.17) is 23.9 Å². The average Bonchev–Trinajstić information content (AvgIpc) is 1.68. The molecule has 16 heteroatoms. The van der Waals surface area contributed by atoms with E-state index in [1.54, 1.807) is 24.4 Å². The second kappa shape index (κ2) is 31.3. The molecule has 0 amide bonds. The zero-order chi connectivity index (χ0) is 61.7. The molecule has 0 spiro atoms. The van der Waals surface area contributed by atoms with Crippen molar-refractivity contribution >= 4 is 34.8 Å². The number of para-hydroxylation sites is 1. The van der Waals surface area contributed by atoms with Gasteiger partial charge < -0.3 is 43.7 Å². The van der Waals surface area contributed by atoms with Crippen LogP contribution in [0.1, 0.15) is 108 Å². The Morgan fingerprint density at radius 3 is 1.74 bits per heavy atom. The van der Waals surface area contributed by atoms with Gasteiger partial charge >= 0.3 is 23.9 Å². The molecule has 0 bridgehead atoms. The molecule has 2 heterocycles. The summed E-state index contributed by atoms with van der Waals surface area (Å²) < 4.78 is 46.8. The Morgan fingerprint density at radius 2 is 1.15 bits per heavy atom. The monoisotopic (exact) mass is 1550 g/mol. The summed E-state index contributed by atoms with van der Waals surface area (Å²) in [6.45, 7) is 15.2. The largest absolute Gasteiger partial charge is 0.513 e. The molecule has 3 unspecified atom stereocenters. The number of hydrogen-bond acceptors (Lipinski definition) is 10. The van der Waals surface area contributed by atoms with Gasteiger partial charge in [-0.05, 0) is 107 Å². The van der Waals surface area contributed by atoms with Crippen LogP contribution in [0.5, 0.6) is 0 Å². The summed E-state index contributed by atoms with van der Waals surface area (Å²) >= 11 is 0. The van der Waals surface area contributed by atoms with E-state index in [0.29, 0.717) is 18.5 Å². The van der Waals surface area contributed by atoms with E-state index in [1.807, 2.05) is 25.1 Å². The van der Waals surface area contributed by atoms with Crippen LogP contribution >= 0.6 is 0 Å². The Hall–Kier alpha value is -8.00. The molecule has 0 fully saturated rings. The summed E-state index contributed by atoms with van der Waals surface area (Å²) in [5.41, 5.74) is 14.9. The molecule has 2 aliphatic carbocycles. The van der Waals surface area contributed by atoms with Crippen LogP contribution in [0, 0.1) is 35.6 Å². The van der Waals surface area contributed by atoms with Gasteiger partial charge in [0.05, 0.1) is 17.4 Å². The molecular weight excluding hydrogens is 1480 g/mol. The fourth-order valence-electron chi connectivity index (χ4n) is 11.1. The number of pyridine rings is 2. The molecule has 2 radical (unpaired) electrons. The number of fused-ring (bicyclic) bond motifs is 7. The zero-order valence-corrected chi connectivity index (χ0v) is 55.1. The Balaban J connectivity index is 0.000000247. The maximum absolute atomic E-state index is 13.4. The zero-order valence-electron chi connectivity index (χ0n) is 50.3. The van der Waals surface area contributed by atoms with E-state index in [9.17, 15) is 38.2 Å². The average molecular weight is 1550 g/mol. The Kier molecular flexibility index (Phi) is 24.5. The third-order valence-electron chi connectivity index (χ3n) is 15.5. The molecule has 462 valence electrons. The number of allylic oxidation sites excluding steroid dienone is 2. The number of esters is 4. The van der Waals surface area contributed by atoms with E-state index in [-0.39, 0.29) is 107 Å². The van der Waals surface area contributed by atoms with Gasteiger partial charge in [-0.2, -0.15) is 0 Å². The summed E-state index contributed by atoms with van der Waals surface area (Å²) in [5.74, 6) is -4.85. The molecular formula is C72H72F2Ir2N2O10. The van der Waals surface area contributed by atoms with Crippen LogP contribution in [0.4, 0.5) is 8.78 Å². The van der Waals surface area contributed by atoms with Crippen LogP contribution in [0.3, 0.4) is 0 Å². The number of carbonyl (C=O) groups excluding carboxylic acids is 4. The molecule has 6 aromatic carbocycles. The van der Waals surface area contributed by atoms with Gasteiger partial charge in [0.2, 0.25) is 13.2 Å². The van der Waals surface area contributed by atoms with E-state index < -0.39 is 47.3 Å². The van der Waals surface area contributed by atoms with Crippen molar-refractivity contribution in [1.29, 1.82) is 0 Å². The number of aliphatic hydroxyl groups is 2. The van der Waals surface area contributed by atoms with Crippen LogP contribution in [0.15, 0.2) is 175 Å². The normalized spacial score (nSPS) is 13.9. The van der Waals surface area contributed by atoms with Crippen molar-refractivity contribution in [2.75, 3.05) is 26.4 Å². The number of ether oxygens (including phenoxy) is 4. The quantitative estimate of drug-likeness (QED) is 0.0160. The summed E-state index contributed by atoms with van der Waals surface area (Å²) in [6, 6.07) is 53.4. The van der Waals surface area contributed by atoms with Gasteiger partial charge in [-0.3, -0.25) is 23.4 Å². The predicted octanol–water partition coefficient (Wildman–Crippen LogP) is 15.4. The van der Waals surface area contributed by atoms with Gasteiger partial charge in [-0.25, -0.2) is 0 Å². The van der Waals surface area contributed by atoms with Crippen molar-refractivity contribution in [1.82, 2.24) is 9.97 Å². The molecule has 88 heavy (non-hydrogen) atoms. The van der Waals surface area contributed by atoms with E-state index in [2.05, 4.69) is 149 Å². The number of halogens is 2. The molecule has 8 aromatic rings. The molecule has 12 nitrogen and oxygen atoms in total. The summed E-state index contributed by atoms with van der Waals surface area (Å²) in [6.07, 6.45) is 4.64. The first-order valence-electron chi connectivity index (χ1n) is 28.7. The number of nitrogens with zero attached hydrogens (tertiary/aromatic N) is 2. The topological polar surface area (TPSA) is 180 Å². The van der Waals surface area contributed by atoms with Crippen LogP contribution in [0.2, 0.25) is 0 Å². The second-order valence-corrected chi connectivity index (χ2v) is 22.4. The SMILES string of the molecule is CC1(C)c2ccccc2-c2c[c-]c(-c3ccc4ccccc4n3)cc21.CCC(CC(CC(C)c1ccc2c(c1)C(C)(C)c1ccccc1-2)C(=O)OCCOC(=[OH+])/C=C(/C)O)C(=O)OCCOC(=[OH+])/C=C(/C)O.Fc1c[c-]c(-c2ccccn2)c(F)c1.[Ir].[Ir]. The Morgan fingerprint density at radius 1 is 0.602 bits per heavy atom. The molecule has 0 aliphatic heterocycles. The van der Waals surface area contributed by atoms with Crippen molar-refractivity contribution in [3.05, 3.63) is 227 Å². The first-order valence-corrected chi connectivity index (χ1v) is 28.7. The first-order chi connectivity index (χ1) is 41.2. The van der Waals surface area contributed by atoms with Gasteiger partial charge in [-0.15, -0.1) is 41.5 Å². The Bertz CT molecular complexity index is 3820. The fraction of sp³-hybridized carbons (Fsp3) is 0.278. The number of benzene rings is 6. The third-order valence-corrected chi connectivity index (χ3v) is 15.5. The first kappa shape index (κ1) is 69.1. The van der Waals surface area contributed by atoms with Gasteiger partial charge in [0.25, 0.3) is 0 Å². The maximum Gasteiger partial charge on any atom is 0.513 e. The van der Waals surface area contributed by atoms with E-state index >= 15 is 0 Å². The van der Waals surface area contributed by atoms with Crippen molar-refractivity contribution in [2.45, 2.75) is 91.4 Å². The van der Waals surface area contributed by atoms with Gasteiger partial charge in [-0.1, -0.05) is 173 Å². The smallest absolute Gasteiger partial charge is 0.512 e. The summed E-state index contributed by atoms with van der Waals surface area (Å²) in [7, 11) is 0. The molecule has 2 aromatic heterocycles. The predicted molar refractivity (Wildman–Crippen MR) is 331 cm³/mol. The standard InChI is InChI=1S/C37H46O10.C24H18N.C11H6F2N.2Ir/c1-7-26(35(42)46-16-14-44-33(40)19-24(3)38)21-28(36(43)47-17-15-45-34(41)20-25(4)39)18-23(2)27-12-13-30-29-10-8-9-11-31(29)37(5,6)32(30)22-27;1-24(2)20-9-5-4-8-18(20)19-13-11-17(15-21(19)24)23-14-12-16-7-3-6-10-22(16)25-23;12-8-4-5-9(10(13)7-8)11-3-1-2-6-14-11;;/h8-13,19-20,22-23,26,28,38-39H,7,14-18,21H2,1-6H3;3-10,12-15H,1-2H3;1-4,6-7H;;/q;2*-1;;/p+2/b24-19-,25-20-;;;;. The van der Waals surface area contributed by atoms with Crippen LogP contribution < -0.4 is 0 Å². The minimum atomic E-state index is -0.649. The van der Waals surface area contributed by atoms with E-state index in [0.717, 1.165) is 46.6 Å². The molecule has 4 N–H and O–H groups in total. The van der Waals surface area contributed by atoms with Crippen molar-refractivity contribution in [3.63, 3.8) is 0 Å². The Labute approximate surface area is 540 Å². The van der Waals surface area contributed by atoms with Crippen LogP contribution in [0.25, 0.3) is 55.7 Å². The fourth-order valence-corrected chi connectivity index (χ4v) is 11.1. The van der Waals surface area contributed by atoms with E-state index in [1.165, 1.54) is 63.7 Å². The number of carbonyl (C=O) groups is 2. The molecule has 2 aliphatic rings. The molecule has 3 atom stereocenters. The third kappa shape index (κ3) is 17.0. The maximum atomic E-state index is 13.4. The van der Waals surface area contributed by atoms with Crippen molar-refractivity contribution in [3.8, 4) is 44.8 Å². The second-order valence-electron chi connectivity index (χ2n) is 22.4. The van der Waals surface area contributed by atoms with Crippen LogP contribution in [-0.2, 0) is 79.6 Å². The minimum absolute atomic E-state index is 0. The van der Waals surface area contributed by atoms with Gasteiger partial charge in [0.15, 0.2) is 13.2 Å². The minimum Gasteiger partial charge on any atom is -0.512 e. The van der Waals surface area contributed by atoms with Crippen LogP contribution in [-0.4, -0.2) is 80.1 Å². The molecule has 0 saturated carbocycles. The number of hydrogen-bond donors (Lipinski definition) is 2. The molecule has 0 saturated heterocycles. The summed E-state index contributed by atoms with van der Waals surface area (Å²) in [5, 5.41) is 19.6. The van der Waals surface area contributed by atoms with Crippen molar-refractivity contribution in [2.24, 2.45) is 11.8 Å². The van der Waals surface area contributed by atoms with Gasteiger partial charge in [0.1, 0.15) is 23.7 Å². The number of rotatable bonds is 18.